The van der Waals surface area contributed by atoms with Gasteiger partial charge in [0.15, 0.2) is 11.5 Å². The topological polar surface area (TPSA) is 51.2 Å². The van der Waals surface area contributed by atoms with Crippen molar-refractivity contribution >= 4 is 21.6 Å². The lowest BCUT2D eigenvalue weighted by atomic mass is 10.1. The van der Waals surface area contributed by atoms with Gasteiger partial charge in [-0.1, -0.05) is 34.1 Å². The Kier molecular flexibility index (Phi) is 6.34. The Morgan fingerprint density at radius 2 is 1.62 bits per heavy atom. The summed E-state index contributed by atoms with van der Waals surface area (Å²) in [7, 11) is 6.63. The van der Waals surface area contributed by atoms with Gasteiger partial charge in [0.25, 0.3) is 0 Å². The fourth-order valence-corrected chi connectivity index (χ4v) is 3.05. The third-order valence-corrected chi connectivity index (χ3v) is 4.52. The summed E-state index contributed by atoms with van der Waals surface area (Å²) in [6.45, 7) is 0.418. The van der Waals surface area contributed by atoms with Crippen molar-refractivity contribution < 1.29 is 19.3 Å². The van der Waals surface area contributed by atoms with Gasteiger partial charge in [0, 0.05) is 35.9 Å². The van der Waals surface area contributed by atoms with Gasteiger partial charge in [-0.2, -0.15) is 0 Å². The van der Waals surface area contributed by atoms with Crippen LogP contribution in [-0.4, -0.2) is 40.0 Å². The average Bonchev–Trinajstić information content (AvgIpc) is 2.60. The van der Waals surface area contributed by atoms with Crippen LogP contribution in [0.5, 0.6) is 17.2 Å². The van der Waals surface area contributed by atoms with Gasteiger partial charge in [0.1, 0.15) is 0 Å². The van der Waals surface area contributed by atoms with Crippen LogP contribution < -0.4 is 19.1 Å². The number of benzene rings is 2. The standard InChI is InChI=1S/C18H22BrNO4/c1-20(11-15(21)13-7-5-6-8-14(13)19)12-9-16(22-2)18(24-4)17(10-12)23-3/h5-10,15,21H,11H2,1-4H3/t15-/m0/s1. The van der Waals surface area contributed by atoms with Crippen LogP contribution in [0, 0.1) is 0 Å². The highest BCUT2D eigenvalue weighted by atomic mass is 79.9. The van der Waals surface area contributed by atoms with E-state index in [1.54, 1.807) is 21.3 Å². The average molecular weight is 396 g/mol. The zero-order valence-corrected chi connectivity index (χ0v) is 15.8. The Morgan fingerprint density at radius 3 is 2.12 bits per heavy atom. The second-order valence-corrected chi connectivity index (χ2v) is 6.16. The van der Waals surface area contributed by atoms with E-state index in [9.17, 15) is 5.11 Å². The van der Waals surface area contributed by atoms with Gasteiger partial charge in [0.2, 0.25) is 5.75 Å². The first kappa shape index (κ1) is 18.4. The number of methoxy groups -OCH3 is 3. The highest BCUT2D eigenvalue weighted by Crippen LogP contribution is 2.41. The zero-order valence-electron chi connectivity index (χ0n) is 14.2. The smallest absolute Gasteiger partial charge is 0.203 e. The molecule has 0 aromatic heterocycles. The van der Waals surface area contributed by atoms with E-state index in [0.717, 1.165) is 15.7 Å². The van der Waals surface area contributed by atoms with E-state index in [1.807, 2.05) is 48.3 Å². The number of ether oxygens (including phenoxy) is 3. The Hall–Kier alpha value is -1.92. The fraction of sp³-hybridized carbons (Fsp3) is 0.333. The van der Waals surface area contributed by atoms with Crippen LogP contribution in [0.4, 0.5) is 5.69 Å². The molecule has 0 spiro atoms. The molecule has 0 heterocycles. The number of hydrogen-bond acceptors (Lipinski definition) is 5. The van der Waals surface area contributed by atoms with Crippen molar-refractivity contribution in [3.8, 4) is 17.2 Å². The molecule has 0 aliphatic rings. The van der Waals surface area contributed by atoms with E-state index in [2.05, 4.69) is 15.9 Å². The van der Waals surface area contributed by atoms with Crippen LogP contribution in [0.15, 0.2) is 40.9 Å². The molecule has 0 bridgehead atoms. The lowest BCUT2D eigenvalue weighted by Gasteiger charge is -2.25. The minimum absolute atomic E-state index is 0.418. The van der Waals surface area contributed by atoms with Crippen LogP contribution in [0.1, 0.15) is 11.7 Å². The van der Waals surface area contributed by atoms with Crippen LogP contribution in [0.3, 0.4) is 0 Å². The van der Waals surface area contributed by atoms with Gasteiger partial charge in [-0.25, -0.2) is 0 Å². The molecular formula is C18H22BrNO4. The predicted octanol–water partition coefficient (Wildman–Crippen LogP) is 3.64. The number of likely N-dealkylation sites (N-methyl/N-ethyl adjacent to an activating group) is 1. The number of hydrogen-bond donors (Lipinski definition) is 1. The molecular weight excluding hydrogens is 374 g/mol. The third-order valence-electron chi connectivity index (χ3n) is 3.80. The highest BCUT2D eigenvalue weighted by Gasteiger charge is 2.18. The lowest BCUT2D eigenvalue weighted by molar-refractivity contribution is 0.184. The molecule has 0 aliphatic heterocycles. The molecule has 6 heteroatoms. The molecule has 130 valence electrons. The van der Waals surface area contributed by atoms with Crippen molar-refractivity contribution in [3.05, 3.63) is 46.4 Å². The van der Waals surface area contributed by atoms with Crippen LogP contribution in [0.2, 0.25) is 0 Å². The van der Waals surface area contributed by atoms with Crippen LogP contribution in [0.25, 0.3) is 0 Å². The zero-order chi connectivity index (χ0) is 17.7. The number of nitrogens with zero attached hydrogens (tertiary/aromatic N) is 1. The maximum Gasteiger partial charge on any atom is 0.203 e. The minimum Gasteiger partial charge on any atom is -0.493 e. The van der Waals surface area contributed by atoms with E-state index in [4.69, 9.17) is 14.2 Å². The van der Waals surface area contributed by atoms with E-state index < -0.39 is 6.10 Å². The number of aliphatic hydroxyl groups excluding tert-OH is 1. The first-order valence-electron chi connectivity index (χ1n) is 7.45. The molecule has 24 heavy (non-hydrogen) atoms. The molecule has 1 N–H and O–H groups in total. The summed E-state index contributed by atoms with van der Waals surface area (Å²) >= 11 is 3.47. The summed E-state index contributed by atoms with van der Waals surface area (Å²) in [5.74, 6) is 1.70. The second kappa shape index (κ2) is 8.26. The Morgan fingerprint density at radius 1 is 1.04 bits per heavy atom. The van der Waals surface area contributed by atoms with Crippen LogP contribution in [-0.2, 0) is 0 Å². The summed E-state index contributed by atoms with van der Waals surface area (Å²) in [6, 6.07) is 11.4. The Balaban J connectivity index is 2.26. The first-order chi connectivity index (χ1) is 11.5. The van der Waals surface area contributed by atoms with Gasteiger partial charge >= 0.3 is 0 Å². The normalized spacial score (nSPS) is 11.8. The molecule has 2 rings (SSSR count). The maximum absolute atomic E-state index is 10.5. The molecule has 1 atom stereocenters. The van der Waals surface area contributed by atoms with Gasteiger partial charge in [0.05, 0.1) is 27.4 Å². The first-order valence-corrected chi connectivity index (χ1v) is 8.24. The quantitative estimate of drug-likeness (QED) is 0.775. The number of anilines is 1. The second-order valence-electron chi connectivity index (χ2n) is 5.30. The molecule has 0 unspecified atom stereocenters. The summed E-state index contributed by atoms with van der Waals surface area (Å²) in [6.07, 6.45) is -0.635. The monoisotopic (exact) mass is 395 g/mol. The lowest BCUT2D eigenvalue weighted by Crippen LogP contribution is -2.24. The summed E-state index contributed by atoms with van der Waals surface area (Å²) in [5, 5.41) is 10.5. The number of halogens is 1. The molecule has 5 nitrogen and oxygen atoms in total. The Bertz CT molecular complexity index is 667. The molecule has 2 aromatic carbocycles. The fourth-order valence-electron chi connectivity index (χ4n) is 2.50. The summed E-state index contributed by atoms with van der Waals surface area (Å²) < 4.78 is 17.0. The van der Waals surface area contributed by atoms with Crippen molar-refractivity contribution in [2.45, 2.75) is 6.10 Å². The summed E-state index contributed by atoms with van der Waals surface area (Å²) in [5.41, 5.74) is 1.70. The molecule has 0 radical (unpaired) electrons. The SMILES string of the molecule is COc1cc(N(C)C[C@H](O)c2ccccc2Br)cc(OC)c1OC. The predicted molar refractivity (Wildman–Crippen MR) is 98.5 cm³/mol. The van der Waals surface area contributed by atoms with Gasteiger partial charge in [-0.15, -0.1) is 0 Å². The maximum atomic E-state index is 10.5. The van der Waals surface area contributed by atoms with Crippen LogP contribution >= 0.6 is 15.9 Å². The van der Waals surface area contributed by atoms with Crippen molar-refractivity contribution in [2.24, 2.45) is 0 Å². The molecule has 0 saturated carbocycles. The third kappa shape index (κ3) is 3.94. The molecule has 0 saturated heterocycles. The highest BCUT2D eigenvalue weighted by molar-refractivity contribution is 9.10. The molecule has 0 aliphatic carbocycles. The molecule has 0 amide bonds. The van der Waals surface area contributed by atoms with Crippen molar-refractivity contribution in [1.82, 2.24) is 0 Å². The van der Waals surface area contributed by atoms with E-state index in [-0.39, 0.29) is 0 Å². The van der Waals surface area contributed by atoms with E-state index in [0.29, 0.717) is 23.8 Å². The van der Waals surface area contributed by atoms with Gasteiger partial charge in [-0.3, -0.25) is 0 Å². The molecule has 2 aromatic rings. The van der Waals surface area contributed by atoms with Crippen molar-refractivity contribution in [1.29, 1.82) is 0 Å². The largest absolute Gasteiger partial charge is 0.493 e. The van der Waals surface area contributed by atoms with Crippen molar-refractivity contribution in [2.75, 3.05) is 39.8 Å². The molecule has 0 fully saturated rings. The Labute approximate surface area is 150 Å². The van der Waals surface area contributed by atoms with E-state index in [1.165, 1.54) is 0 Å². The van der Waals surface area contributed by atoms with Gasteiger partial charge < -0.3 is 24.2 Å². The number of aliphatic hydroxyl groups is 1. The minimum atomic E-state index is -0.635. The van der Waals surface area contributed by atoms with E-state index >= 15 is 0 Å². The van der Waals surface area contributed by atoms with Crippen molar-refractivity contribution in [3.63, 3.8) is 0 Å². The number of rotatable bonds is 7. The summed E-state index contributed by atoms with van der Waals surface area (Å²) in [4.78, 5) is 1.94. The van der Waals surface area contributed by atoms with Gasteiger partial charge in [-0.05, 0) is 11.6 Å².